The molecule has 0 saturated carbocycles. The lowest BCUT2D eigenvalue weighted by atomic mass is 9.99. The topological polar surface area (TPSA) is 43.4 Å². The summed E-state index contributed by atoms with van der Waals surface area (Å²) in [4.78, 5) is 13.2. The Morgan fingerprint density at radius 1 is 1.17 bits per heavy atom. The lowest BCUT2D eigenvalue weighted by Gasteiger charge is -2.19. The van der Waals surface area contributed by atoms with Gasteiger partial charge in [0.2, 0.25) is 0 Å². The van der Waals surface area contributed by atoms with E-state index in [2.05, 4.69) is 13.2 Å². The minimum Gasteiger partial charge on any atom is -0.320 e. The normalized spacial score (nSPS) is 13.1. The van der Waals surface area contributed by atoms with Crippen molar-refractivity contribution in [1.82, 2.24) is 0 Å². The second-order valence-electron chi connectivity index (χ2n) is 5.32. The van der Waals surface area contributed by atoms with E-state index in [1.165, 1.54) is 0 Å². The minimum atomic E-state index is -3.69. The number of hydrogen-bond acceptors (Lipinski definition) is 3. The molecule has 0 spiro atoms. The van der Waals surface area contributed by atoms with E-state index in [9.17, 15) is 9.36 Å². The Bertz CT molecular complexity index is 822. The monoisotopic (exact) mass is 340 g/mol. The van der Waals surface area contributed by atoms with Crippen LogP contribution < -0.4 is 5.30 Å². The van der Waals surface area contributed by atoms with Crippen LogP contribution in [0.2, 0.25) is 0 Å². The van der Waals surface area contributed by atoms with Gasteiger partial charge in [0, 0.05) is 10.9 Å². The molecule has 2 rings (SSSR count). The van der Waals surface area contributed by atoms with Crippen LogP contribution in [0.3, 0.4) is 0 Å². The first-order valence-corrected chi connectivity index (χ1v) is 9.35. The average Bonchev–Trinajstić information content (AvgIpc) is 2.61. The fourth-order valence-electron chi connectivity index (χ4n) is 2.62. The lowest BCUT2D eigenvalue weighted by Crippen LogP contribution is -2.17. The molecule has 0 fully saturated rings. The number of carbonyl (C=O) groups excluding carboxylic acids is 1. The van der Waals surface area contributed by atoms with Crippen molar-refractivity contribution in [2.24, 2.45) is 0 Å². The Balaban J connectivity index is 2.66. The van der Waals surface area contributed by atoms with Crippen molar-refractivity contribution in [2.75, 3.05) is 6.61 Å². The van der Waals surface area contributed by atoms with E-state index in [4.69, 9.17) is 4.52 Å². The fraction of sp³-hybridized carbons (Fsp3) is 0.150. The van der Waals surface area contributed by atoms with Crippen molar-refractivity contribution in [1.29, 1.82) is 0 Å². The molecule has 1 atom stereocenters. The van der Waals surface area contributed by atoms with E-state index >= 15 is 0 Å². The van der Waals surface area contributed by atoms with Gasteiger partial charge in [-0.05, 0) is 48.7 Å². The van der Waals surface area contributed by atoms with Crippen LogP contribution in [0.25, 0.3) is 12.2 Å². The Labute approximate surface area is 143 Å². The summed E-state index contributed by atoms with van der Waals surface area (Å²) in [6.07, 6.45) is 3.29. The van der Waals surface area contributed by atoms with Crippen LogP contribution in [0.15, 0.2) is 55.6 Å². The van der Waals surface area contributed by atoms with Crippen molar-refractivity contribution in [3.63, 3.8) is 0 Å². The van der Waals surface area contributed by atoms with Gasteiger partial charge < -0.3 is 4.52 Å². The molecule has 4 heteroatoms. The Morgan fingerprint density at radius 3 is 2.38 bits per heavy atom. The second-order valence-corrected chi connectivity index (χ2v) is 7.60. The van der Waals surface area contributed by atoms with E-state index in [0.29, 0.717) is 16.4 Å². The standard InChI is InChI=1S/C20H21O3P/c1-5-16-13-15(4)19(17(6-2)14-16)20(21)24(22,23-7-3)18-11-9-8-10-12-18/h5-6,8-14H,1-2,7H2,3-4H3. The molecule has 24 heavy (non-hydrogen) atoms. The third kappa shape index (κ3) is 3.33. The number of rotatable bonds is 7. The number of hydrogen-bond donors (Lipinski definition) is 0. The summed E-state index contributed by atoms with van der Waals surface area (Å²) >= 11 is 0. The van der Waals surface area contributed by atoms with E-state index < -0.39 is 12.9 Å². The van der Waals surface area contributed by atoms with Crippen LogP contribution in [0.1, 0.15) is 34.0 Å². The van der Waals surface area contributed by atoms with Gasteiger partial charge in [-0.3, -0.25) is 9.36 Å². The molecule has 1 unspecified atom stereocenters. The zero-order valence-electron chi connectivity index (χ0n) is 14.0. The van der Waals surface area contributed by atoms with Crippen molar-refractivity contribution in [2.45, 2.75) is 13.8 Å². The van der Waals surface area contributed by atoms with Crippen molar-refractivity contribution in [3.8, 4) is 0 Å². The lowest BCUT2D eigenvalue weighted by molar-refractivity contribution is 0.105. The molecule has 0 radical (unpaired) electrons. The molecule has 0 amide bonds. The van der Waals surface area contributed by atoms with Gasteiger partial charge in [0.25, 0.3) is 5.52 Å². The van der Waals surface area contributed by atoms with E-state index in [1.54, 1.807) is 43.3 Å². The molecule has 0 aliphatic heterocycles. The summed E-state index contributed by atoms with van der Waals surface area (Å²) in [5.41, 5.74) is 2.12. The van der Waals surface area contributed by atoms with Crippen molar-refractivity contribution < 1.29 is 13.9 Å². The van der Waals surface area contributed by atoms with Gasteiger partial charge in [-0.2, -0.15) is 0 Å². The molecular weight excluding hydrogens is 319 g/mol. The van der Waals surface area contributed by atoms with Gasteiger partial charge in [-0.15, -0.1) is 0 Å². The van der Waals surface area contributed by atoms with Crippen LogP contribution >= 0.6 is 7.37 Å². The first kappa shape index (κ1) is 18.1. The zero-order chi connectivity index (χ0) is 17.7. The Hall–Kier alpha value is -2.22. The predicted octanol–water partition coefficient (Wildman–Crippen LogP) is 5.06. The number of carbonyl (C=O) groups is 1. The van der Waals surface area contributed by atoms with Gasteiger partial charge in [-0.25, -0.2) is 0 Å². The molecule has 124 valence electrons. The SMILES string of the molecule is C=Cc1cc(C)c(C(=O)P(=O)(OCC)c2ccccc2)c(C=C)c1. The minimum absolute atomic E-state index is 0.186. The van der Waals surface area contributed by atoms with Crippen LogP contribution in [0.5, 0.6) is 0 Å². The summed E-state index contributed by atoms with van der Waals surface area (Å²) in [5, 5.41) is 0.402. The predicted molar refractivity (Wildman–Crippen MR) is 101 cm³/mol. The van der Waals surface area contributed by atoms with Crippen molar-refractivity contribution >= 4 is 30.3 Å². The molecule has 3 nitrogen and oxygen atoms in total. The molecular formula is C20H21O3P. The zero-order valence-corrected chi connectivity index (χ0v) is 14.9. The van der Waals surface area contributed by atoms with E-state index in [1.807, 2.05) is 25.1 Å². The maximum absolute atomic E-state index is 13.5. The van der Waals surface area contributed by atoms with Crippen LogP contribution in [-0.4, -0.2) is 12.1 Å². The third-order valence-corrected chi connectivity index (χ3v) is 6.09. The molecule has 0 saturated heterocycles. The first-order chi connectivity index (χ1) is 11.5. The van der Waals surface area contributed by atoms with E-state index in [-0.39, 0.29) is 6.61 Å². The molecule has 0 N–H and O–H groups in total. The van der Waals surface area contributed by atoms with Gasteiger partial charge in [0.15, 0.2) is 0 Å². The third-order valence-electron chi connectivity index (χ3n) is 3.73. The molecule has 0 aliphatic carbocycles. The summed E-state index contributed by atoms with van der Waals surface area (Å²) < 4.78 is 19.0. The number of benzene rings is 2. The molecule has 0 bridgehead atoms. The summed E-state index contributed by atoms with van der Waals surface area (Å²) in [6.45, 7) is 11.3. The Kier molecular flexibility index (Phi) is 5.71. The highest BCUT2D eigenvalue weighted by molar-refractivity contribution is 7.83. The highest BCUT2D eigenvalue weighted by Gasteiger charge is 2.37. The van der Waals surface area contributed by atoms with Gasteiger partial charge in [0.05, 0.1) is 6.61 Å². The molecule has 0 aromatic heterocycles. The van der Waals surface area contributed by atoms with Crippen LogP contribution in [-0.2, 0) is 9.09 Å². The quantitative estimate of drug-likeness (QED) is 0.662. The smallest absolute Gasteiger partial charge is 0.300 e. The maximum atomic E-state index is 13.5. The van der Waals surface area contributed by atoms with Gasteiger partial charge >= 0.3 is 7.37 Å². The van der Waals surface area contributed by atoms with Gasteiger partial charge in [0.1, 0.15) is 0 Å². The molecule has 2 aromatic carbocycles. The molecule has 0 heterocycles. The highest BCUT2D eigenvalue weighted by atomic mass is 31.2. The number of aryl methyl sites for hydroxylation is 1. The summed E-state index contributed by atoms with van der Waals surface area (Å²) in [5.74, 6) is 0. The Morgan fingerprint density at radius 2 is 1.83 bits per heavy atom. The van der Waals surface area contributed by atoms with E-state index in [0.717, 1.165) is 11.1 Å². The van der Waals surface area contributed by atoms with Crippen LogP contribution in [0, 0.1) is 6.92 Å². The highest BCUT2D eigenvalue weighted by Crippen LogP contribution is 2.50. The largest absolute Gasteiger partial charge is 0.320 e. The summed E-state index contributed by atoms with van der Waals surface area (Å²) in [6, 6.07) is 12.3. The van der Waals surface area contributed by atoms with Crippen molar-refractivity contribution in [3.05, 3.63) is 77.9 Å². The molecule has 2 aromatic rings. The first-order valence-electron chi connectivity index (χ1n) is 7.72. The molecule has 0 aliphatic rings. The average molecular weight is 340 g/mol. The second kappa shape index (κ2) is 7.57. The summed E-state index contributed by atoms with van der Waals surface area (Å²) in [7, 11) is -3.69. The van der Waals surface area contributed by atoms with Crippen LogP contribution in [0.4, 0.5) is 0 Å². The fourth-order valence-corrected chi connectivity index (χ4v) is 4.65. The van der Waals surface area contributed by atoms with Gasteiger partial charge in [-0.1, -0.05) is 49.6 Å². The maximum Gasteiger partial charge on any atom is 0.300 e.